The number of benzene rings is 3. The van der Waals surface area contributed by atoms with Crippen molar-refractivity contribution < 1.29 is 23.9 Å². The molecule has 0 aromatic heterocycles. The van der Waals surface area contributed by atoms with E-state index < -0.39 is 10.9 Å². The van der Waals surface area contributed by atoms with Crippen LogP contribution in [0, 0.1) is 17.0 Å². The maximum absolute atomic E-state index is 12.4. The fourth-order valence-corrected chi connectivity index (χ4v) is 4.22. The number of hydrogen-bond donors (Lipinski definition) is 0. The van der Waals surface area contributed by atoms with Crippen molar-refractivity contribution in [1.82, 2.24) is 0 Å². The highest BCUT2D eigenvalue weighted by Crippen LogP contribution is 2.38. The molecule has 1 aliphatic rings. The second kappa shape index (κ2) is 10.4. The van der Waals surface area contributed by atoms with Gasteiger partial charge < -0.3 is 14.2 Å². The first-order chi connectivity index (χ1) is 16.7. The van der Waals surface area contributed by atoms with Gasteiger partial charge in [-0.15, -0.1) is 0 Å². The smallest absolute Gasteiger partial charge is 0.363 e. The van der Waals surface area contributed by atoms with Crippen molar-refractivity contribution in [1.29, 1.82) is 0 Å². The first-order valence-corrected chi connectivity index (χ1v) is 11.9. The number of carbonyl (C=O) groups excluding carboxylic acids is 1. The van der Waals surface area contributed by atoms with E-state index in [9.17, 15) is 14.9 Å². The number of methoxy groups -OCH3 is 1. The fourth-order valence-electron chi connectivity index (χ4n) is 3.38. The Bertz CT molecular complexity index is 1380. The second-order valence-electron chi connectivity index (χ2n) is 7.54. The maximum atomic E-state index is 12.4. The van der Waals surface area contributed by atoms with Crippen molar-refractivity contribution >= 4 is 55.5 Å². The van der Waals surface area contributed by atoms with Crippen LogP contribution in [0.15, 0.2) is 74.2 Å². The molecule has 1 heterocycles. The minimum absolute atomic E-state index is 0.0196. The molecule has 178 valence electrons. The summed E-state index contributed by atoms with van der Waals surface area (Å²) in [7, 11) is 1.53. The lowest BCUT2D eigenvalue weighted by Crippen LogP contribution is -2.06. The Labute approximate surface area is 217 Å². The van der Waals surface area contributed by atoms with E-state index in [4.69, 9.17) is 14.2 Å². The van der Waals surface area contributed by atoms with Gasteiger partial charge in [0.15, 0.2) is 17.2 Å². The Balaban J connectivity index is 1.58. The fraction of sp³-hybridized carbons (Fsp3) is 0.120. The van der Waals surface area contributed by atoms with E-state index in [0.29, 0.717) is 39.3 Å². The van der Waals surface area contributed by atoms with Gasteiger partial charge in [0.05, 0.1) is 16.5 Å². The molecule has 0 N–H and O–H groups in total. The molecule has 3 aromatic carbocycles. The number of ether oxygens (including phenoxy) is 3. The van der Waals surface area contributed by atoms with Crippen LogP contribution in [-0.2, 0) is 16.1 Å². The predicted octanol–water partition coefficient (Wildman–Crippen LogP) is 6.36. The summed E-state index contributed by atoms with van der Waals surface area (Å²) in [6.45, 7) is 1.96. The molecular weight excluding hydrogens is 584 g/mol. The zero-order valence-corrected chi connectivity index (χ0v) is 21.8. The molecule has 35 heavy (non-hydrogen) atoms. The number of carbonyl (C=O) groups is 1. The average Bonchev–Trinajstić information content (AvgIpc) is 3.18. The lowest BCUT2D eigenvalue weighted by atomic mass is 10.1. The Hall–Kier alpha value is -3.50. The summed E-state index contributed by atoms with van der Waals surface area (Å²) >= 11 is 6.93. The molecule has 0 radical (unpaired) electrons. The molecule has 0 saturated carbocycles. The van der Waals surface area contributed by atoms with Crippen molar-refractivity contribution in [3.63, 3.8) is 0 Å². The van der Waals surface area contributed by atoms with E-state index in [2.05, 4.69) is 36.9 Å². The molecule has 0 fully saturated rings. The lowest BCUT2D eigenvalue weighted by Gasteiger charge is -2.14. The summed E-state index contributed by atoms with van der Waals surface area (Å²) in [5.41, 5.74) is 2.62. The minimum Gasteiger partial charge on any atom is -0.493 e. The number of cyclic esters (lactones) is 1. The highest BCUT2D eigenvalue weighted by Gasteiger charge is 2.25. The topological polar surface area (TPSA) is 100 Å². The van der Waals surface area contributed by atoms with E-state index in [1.54, 1.807) is 31.2 Å². The van der Waals surface area contributed by atoms with Gasteiger partial charge in [0.25, 0.3) is 5.69 Å². The number of nitro benzene ring substituents is 1. The number of hydrogen-bond acceptors (Lipinski definition) is 7. The summed E-state index contributed by atoms with van der Waals surface area (Å²) in [6.07, 6.45) is 1.57. The predicted molar refractivity (Wildman–Crippen MR) is 138 cm³/mol. The first kappa shape index (κ1) is 24.6. The summed E-state index contributed by atoms with van der Waals surface area (Å²) in [5.74, 6) is 0.461. The van der Waals surface area contributed by atoms with Crippen LogP contribution in [0.1, 0.15) is 22.3 Å². The molecule has 0 amide bonds. The summed E-state index contributed by atoms with van der Waals surface area (Å²) in [4.78, 5) is 27.3. The number of halogens is 2. The first-order valence-electron chi connectivity index (χ1n) is 10.3. The summed E-state index contributed by atoms with van der Waals surface area (Å²) in [6, 6.07) is 15.7. The maximum Gasteiger partial charge on any atom is 0.363 e. The summed E-state index contributed by atoms with van der Waals surface area (Å²) in [5, 5.41) is 11.0. The molecule has 8 nitrogen and oxygen atoms in total. The van der Waals surface area contributed by atoms with Gasteiger partial charge in [0.2, 0.25) is 5.90 Å². The van der Waals surface area contributed by atoms with E-state index in [1.165, 1.54) is 19.2 Å². The normalized spacial score (nSPS) is 14.0. The van der Waals surface area contributed by atoms with E-state index >= 15 is 0 Å². The highest BCUT2D eigenvalue weighted by molar-refractivity contribution is 9.10. The van der Waals surface area contributed by atoms with Crippen LogP contribution in [-0.4, -0.2) is 23.9 Å². The van der Waals surface area contributed by atoms with Gasteiger partial charge in [-0.2, -0.15) is 0 Å². The van der Waals surface area contributed by atoms with Crippen LogP contribution in [0.5, 0.6) is 11.5 Å². The van der Waals surface area contributed by atoms with Crippen LogP contribution in [0.2, 0.25) is 0 Å². The van der Waals surface area contributed by atoms with Gasteiger partial charge in [0.1, 0.15) is 6.61 Å². The standard InChI is InChI=1S/C25H18Br2N2O6/c1-14-9-17(5-8-21(14)29(31)32)24-28-20(25(30)35-24)11-16-10-19(27)23(22(12-16)33-2)34-13-15-3-6-18(26)7-4-15/h3-12H,13H2,1-2H3/b20-11-. The quantitative estimate of drug-likeness (QED) is 0.135. The van der Waals surface area contributed by atoms with Gasteiger partial charge >= 0.3 is 5.97 Å². The largest absolute Gasteiger partial charge is 0.493 e. The van der Waals surface area contributed by atoms with Gasteiger partial charge in [-0.1, -0.05) is 28.1 Å². The van der Waals surface area contributed by atoms with Crippen LogP contribution < -0.4 is 9.47 Å². The molecule has 0 aliphatic carbocycles. The zero-order chi connectivity index (χ0) is 25.1. The average molecular weight is 602 g/mol. The SMILES string of the molecule is COc1cc(/C=C2\N=C(c3ccc([N+](=O)[O-])c(C)c3)OC2=O)cc(Br)c1OCc1ccc(Br)cc1. The molecule has 0 bridgehead atoms. The molecule has 3 aromatic rings. The Morgan fingerprint density at radius 1 is 1.11 bits per heavy atom. The molecule has 0 unspecified atom stereocenters. The van der Waals surface area contributed by atoms with E-state index in [0.717, 1.165) is 10.0 Å². The molecule has 10 heteroatoms. The third kappa shape index (κ3) is 5.60. The third-order valence-electron chi connectivity index (χ3n) is 5.11. The second-order valence-corrected chi connectivity index (χ2v) is 9.31. The van der Waals surface area contributed by atoms with Crippen molar-refractivity contribution in [2.45, 2.75) is 13.5 Å². The van der Waals surface area contributed by atoms with Crippen molar-refractivity contribution in [2.24, 2.45) is 4.99 Å². The minimum atomic E-state index is -0.623. The van der Waals surface area contributed by atoms with Crippen LogP contribution >= 0.6 is 31.9 Å². The lowest BCUT2D eigenvalue weighted by molar-refractivity contribution is -0.385. The Kier molecular flexibility index (Phi) is 7.32. The number of aryl methyl sites for hydroxylation is 1. The van der Waals surface area contributed by atoms with Crippen LogP contribution in [0.3, 0.4) is 0 Å². The molecule has 1 aliphatic heterocycles. The molecule has 0 spiro atoms. The van der Waals surface area contributed by atoms with Gasteiger partial charge in [0, 0.05) is 21.7 Å². The number of rotatable bonds is 7. The van der Waals surface area contributed by atoms with Gasteiger partial charge in [-0.3, -0.25) is 10.1 Å². The number of nitro groups is 1. The number of nitrogens with zero attached hydrogens (tertiary/aromatic N) is 2. The number of esters is 1. The molecular formula is C25H18Br2N2O6. The summed E-state index contributed by atoms with van der Waals surface area (Å²) < 4.78 is 18.4. The third-order valence-corrected chi connectivity index (χ3v) is 6.23. The van der Waals surface area contributed by atoms with Gasteiger partial charge in [-0.25, -0.2) is 9.79 Å². The van der Waals surface area contributed by atoms with Crippen molar-refractivity contribution in [2.75, 3.05) is 7.11 Å². The molecule has 0 saturated heterocycles. The van der Waals surface area contributed by atoms with Gasteiger partial charge in [-0.05, 0) is 76.5 Å². The van der Waals surface area contributed by atoms with E-state index in [-0.39, 0.29) is 17.3 Å². The Morgan fingerprint density at radius 2 is 1.86 bits per heavy atom. The van der Waals surface area contributed by atoms with Crippen molar-refractivity contribution in [3.8, 4) is 11.5 Å². The van der Waals surface area contributed by atoms with Crippen LogP contribution in [0.4, 0.5) is 5.69 Å². The monoisotopic (exact) mass is 600 g/mol. The number of aliphatic imine (C=N–C) groups is 1. The Morgan fingerprint density at radius 3 is 2.51 bits per heavy atom. The van der Waals surface area contributed by atoms with Crippen LogP contribution in [0.25, 0.3) is 6.08 Å². The highest BCUT2D eigenvalue weighted by atomic mass is 79.9. The zero-order valence-electron chi connectivity index (χ0n) is 18.6. The van der Waals surface area contributed by atoms with E-state index in [1.807, 2.05) is 24.3 Å². The molecule has 0 atom stereocenters. The van der Waals surface area contributed by atoms with Crippen molar-refractivity contribution in [3.05, 3.63) is 102 Å². The molecule has 4 rings (SSSR count).